The highest BCUT2D eigenvalue weighted by Gasteiger charge is 2.28. The highest BCUT2D eigenvalue weighted by molar-refractivity contribution is 7.16. The number of fused-ring (bicyclic) bond motifs is 1. The van der Waals surface area contributed by atoms with Crippen molar-refractivity contribution in [1.82, 2.24) is 14.8 Å². The third-order valence-corrected chi connectivity index (χ3v) is 8.08. The standard InChI is InChI=1S/C29H31N3O2S/c1-20(22-8-4-3-5-9-22)19-30-28(33)23-14-16-31(17-15-23)29(34)26-12-13-27(35-26)32-21(2)18-24-10-6-7-11-25(24)32/h3-13,18,20,23H,14-17,19H2,1-2H3,(H,30,33)/t20-/m0/s1. The summed E-state index contributed by atoms with van der Waals surface area (Å²) in [7, 11) is 0. The summed E-state index contributed by atoms with van der Waals surface area (Å²) in [5.74, 6) is 0.408. The summed E-state index contributed by atoms with van der Waals surface area (Å²) < 4.78 is 2.21. The number of amides is 2. The van der Waals surface area contributed by atoms with E-state index in [4.69, 9.17) is 0 Å². The minimum absolute atomic E-state index is 0.0326. The van der Waals surface area contributed by atoms with Crippen molar-refractivity contribution in [1.29, 1.82) is 0 Å². The molecule has 1 atom stereocenters. The fourth-order valence-electron chi connectivity index (χ4n) is 4.95. The number of likely N-dealkylation sites (tertiary alicyclic amines) is 1. The van der Waals surface area contributed by atoms with Crippen molar-refractivity contribution in [3.63, 3.8) is 0 Å². The summed E-state index contributed by atoms with van der Waals surface area (Å²) in [5.41, 5.74) is 3.53. The number of thiophene rings is 1. The second-order valence-electron chi connectivity index (χ2n) is 9.44. The fourth-order valence-corrected chi connectivity index (χ4v) is 5.99. The molecule has 2 amide bonds. The maximum Gasteiger partial charge on any atom is 0.263 e. The Morgan fingerprint density at radius 3 is 2.49 bits per heavy atom. The smallest absolute Gasteiger partial charge is 0.263 e. The van der Waals surface area contributed by atoms with Crippen LogP contribution in [0.5, 0.6) is 0 Å². The molecule has 1 fully saturated rings. The van der Waals surface area contributed by atoms with Crippen LogP contribution in [0, 0.1) is 12.8 Å². The molecule has 180 valence electrons. The van der Waals surface area contributed by atoms with Crippen LogP contribution >= 0.6 is 11.3 Å². The molecule has 0 radical (unpaired) electrons. The van der Waals surface area contributed by atoms with Crippen LogP contribution in [0.25, 0.3) is 15.9 Å². The van der Waals surface area contributed by atoms with Crippen LogP contribution in [-0.2, 0) is 4.79 Å². The van der Waals surface area contributed by atoms with Crippen LogP contribution < -0.4 is 5.32 Å². The molecule has 1 aliphatic heterocycles. The van der Waals surface area contributed by atoms with Crippen LogP contribution in [0.15, 0.2) is 72.8 Å². The Morgan fingerprint density at radius 1 is 1.00 bits per heavy atom. The van der Waals surface area contributed by atoms with E-state index < -0.39 is 0 Å². The van der Waals surface area contributed by atoms with Crippen LogP contribution in [0.1, 0.15) is 46.6 Å². The number of nitrogens with one attached hydrogen (secondary N) is 1. The molecule has 4 aromatic rings. The first-order valence-electron chi connectivity index (χ1n) is 12.3. The van der Waals surface area contributed by atoms with Crippen molar-refractivity contribution in [2.45, 2.75) is 32.6 Å². The van der Waals surface area contributed by atoms with Crippen molar-refractivity contribution in [3.8, 4) is 5.00 Å². The van der Waals surface area contributed by atoms with Gasteiger partial charge in [0, 0.05) is 36.6 Å². The summed E-state index contributed by atoms with van der Waals surface area (Å²) in [6.45, 7) is 6.09. The molecule has 6 heteroatoms. The van der Waals surface area contributed by atoms with Gasteiger partial charge in [-0.2, -0.15) is 0 Å². The largest absolute Gasteiger partial charge is 0.355 e. The first kappa shape index (κ1) is 23.4. The van der Waals surface area contributed by atoms with Crippen molar-refractivity contribution in [3.05, 3.63) is 88.9 Å². The summed E-state index contributed by atoms with van der Waals surface area (Å²) >= 11 is 1.53. The van der Waals surface area contributed by atoms with Gasteiger partial charge in [-0.3, -0.25) is 9.59 Å². The van der Waals surface area contributed by atoms with Crippen LogP contribution in [-0.4, -0.2) is 40.9 Å². The zero-order chi connectivity index (χ0) is 24.4. The molecule has 0 aliphatic carbocycles. The van der Waals surface area contributed by atoms with E-state index >= 15 is 0 Å². The van der Waals surface area contributed by atoms with Crippen LogP contribution in [0.4, 0.5) is 0 Å². The third-order valence-electron chi connectivity index (χ3n) is 7.02. The highest BCUT2D eigenvalue weighted by atomic mass is 32.1. The van der Waals surface area contributed by atoms with E-state index in [-0.39, 0.29) is 23.7 Å². The van der Waals surface area contributed by atoms with Crippen LogP contribution in [0.2, 0.25) is 0 Å². The molecule has 0 spiro atoms. The number of benzene rings is 2. The molecule has 1 aliphatic rings. The predicted octanol–water partition coefficient (Wildman–Crippen LogP) is 5.77. The van der Waals surface area contributed by atoms with E-state index in [1.54, 1.807) is 0 Å². The molecule has 0 bridgehead atoms. The van der Waals surface area contributed by atoms with Gasteiger partial charge in [0.15, 0.2) is 0 Å². The Kier molecular flexibility index (Phi) is 6.73. The second kappa shape index (κ2) is 10.1. The van der Waals surface area contributed by atoms with Gasteiger partial charge in [-0.05, 0) is 55.5 Å². The minimum atomic E-state index is -0.0326. The number of aromatic nitrogens is 1. The van der Waals surface area contributed by atoms with Gasteiger partial charge >= 0.3 is 0 Å². The number of carbonyl (C=O) groups is 2. The summed E-state index contributed by atoms with van der Waals surface area (Å²) in [5, 5.41) is 5.37. The molecule has 35 heavy (non-hydrogen) atoms. The number of aryl methyl sites for hydroxylation is 1. The molecule has 1 saturated heterocycles. The van der Waals surface area contributed by atoms with Gasteiger partial charge in [0.25, 0.3) is 5.91 Å². The molecular formula is C29H31N3O2S. The molecule has 1 N–H and O–H groups in total. The first-order valence-corrected chi connectivity index (χ1v) is 13.1. The first-order chi connectivity index (χ1) is 17.0. The van der Waals surface area contributed by atoms with Crippen LogP contribution in [0.3, 0.4) is 0 Å². The van der Waals surface area contributed by atoms with E-state index in [2.05, 4.69) is 54.1 Å². The van der Waals surface area contributed by atoms with Crippen molar-refractivity contribution < 1.29 is 9.59 Å². The van der Waals surface area contributed by atoms with Gasteiger partial charge in [0.05, 0.1) is 10.4 Å². The van der Waals surface area contributed by atoms with Gasteiger partial charge in [-0.15, -0.1) is 11.3 Å². The molecule has 3 heterocycles. The third kappa shape index (κ3) is 4.89. The molecule has 5 rings (SSSR count). The Morgan fingerprint density at radius 2 is 1.71 bits per heavy atom. The Bertz CT molecular complexity index is 1330. The molecule has 2 aromatic carbocycles. The molecule has 0 saturated carbocycles. The Labute approximate surface area is 210 Å². The number of hydrogen-bond acceptors (Lipinski definition) is 3. The van der Waals surface area contributed by atoms with Gasteiger partial charge in [-0.1, -0.05) is 55.5 Å². The maximum absolute atomic E-state index is 13.2. The summed E-state index contributed by atoms with van der Waals surface area (Å²) in [6.07, 6.45) is 1.41. The van der Waals surface area contributed by atoms with E-state index in [1.807, 2.05) is 47.4 Å². The number of nitrogens with zero attached hydrogens (tertiary/aromatic N) is 2. The molecule has 2 aromatic heterocycles. The fraction of sp³-hybridized carbons (Fsp3) is 0.310. The molecule has 0 unspecified atom stereocenters. The average molecular weight is 486 g/mol. The molecular weight excluding hydrogens is 454 g/mol. The number of hydrogen-bond donors (Lipinski definition) is 1. The number of rotatable bonds is 6. The lowest BCUT2D eigenvalue weighted by atomic mass is 9.95. The average Bonchev–Trinajstić information content (AvgIpc) is 3.50. The lowest BCUT2D eigenvalue weighted by Crippen LogP contribution is -2.43. The van der Waals surface area contributed by atoms with E-state index in [9.17, 15) is 9.59 Å². The monoisotopic (exact) mass is 485 g/mol. The molecule has 5 nitrogen and oxygen atoms in total. The lowest BCUT2D eigenvalue weighted by molar-refractivity contribution is -0.126. The van der Waals surface area contributed by atoms with E-state index in [1.165, 1.54) is 22.3 Å². The van der Waals surface area contributed by atoms with Crippen molar-refractivity contribution >= 4 is 34.1 Å². The Balaban J connectivity index is 1.17. The topological polar surface area (TPSA) is 54.3 Å². The highest BCUT2D eigenvalue weighted by Crippen LogP contribution is 2.30. The number of para-hydroxylation sites is 1. The number of carbonyl (C=O) groups excluding carboxylic acids is 2. The number of piperidine rings is 1. The van der Waals surface area contributed by atoms with Gasteiger partial charge in [0.2, 0.25) is 5.91 Å². The summed E-state index contributed by atoms with van der Waals surface area (Å²) in [6, 6.07) is 24.7. The Hall–Kier alpha value is -3.38. The maximum atomic E-state index is 13.2. The zero-order valence-electron chi connectivity index (χ0n) is 20.2. The minimum Gasteiger partial charge on any atom is -0.355 e. The predicted molar refractivity (Wildman–Crippen MR) is 142 cm³/mol. The van der Waals surface area contributed by atoms with Crippen molar-refractivity contribution in [2.24, 2.45) is 5.92 Å². The SMILES string of the molecule is Cc1cc2ccccc2n1-c1ccc(C(=O)N2CCC(C(=O)NC[C@H](C)c3ccccc3)CC2)s1. The quantitative estimate of drug-likeness (QED) is 0.377. The van der Waals surface area contributed by atoms with Gasteiger partial charge < -0.3 is 14.8 Å². The van der Waals surface area contributed by atoms with E-state index in [0.717, 1.165) is 21.1 Å². The second-order valence-corrected chi connectivity index (χ2v) is 10.5. The van der Waals surface area contributed by atoms with Crippen molar-refractivity contribution in [2.75, 3.05) is 19.6 Å². The van der Waals surface area contributed by atoms with E-state index in [0.29, 0.717) is 32.5 Å². The summed E-state index contributed by atoms with van der Waals surface area (Å²) in [4.78, 5) is 28.6. The van der Waals surface area contributed by atoms with Gasteiger partial charge in [0.1, 0.15) is 5.00 Å². The van der Waals surface area contributed by atoms with Gasteiger partial charge in [-0.25, -0.2) is 0 Å². The zero-order valence-corrected chi connectivity index (χ0v) is 21.1. The normalized spacial score (nSPS) is 15.3. The lowest BCUT2D eigenvalue weighted by Gasteiger charge is -2.31.